The van der Waals surface area contributed by atoms with Gasteiger partial charge >= 0.3 is 0 Å². The van der Waals surface area contributed by atoms with Crippen LogP contribution in [-0.4, -0.2) is 33.9 Å². The fraction of sp³-hybridized carbons (Fsp3) is 0.786. The molecule has 1 aliphatic rings. The molecule has 0 spiro atoms. The van der Waals surface area contributed by atoms with E-state index >= 15 is 0 Å². The summed E-state index contributed by atoms with van der Waals surface area (Å²) in [4.78, 5) is 0. The first-order valence-corrected chi connectivity index (χ1v) is 8.21. The predicted molar refractivity (Wildman–Crippen MR) is 79.2 cm³/mol. The largest absolute Gasteiger partial charge is 0.314 e. The number of thioether (sulfide) groups is 1. The molecule has 0 saturated carbocycles. The van der Waals surface area contributed by atoms with Gasteiger partial charge in [-0.25, -0.2) is 0 Å². The highest BCUT2D eigenvalue weighted by Crippen LogP contribution is 2.27. The van der Waals surface area contributed by atoms with Crippen molar-refractivity contribution in [2.45, 2.75) is 45.7 Å². The van der Waals surface area contributed by atoms with Crippen molar-refractivity contribution in [2.24, 2.45) is 5.92 Å². The summed E-state index contributed by atoms with van der Waals surface area (Å²) in [6.07, 6.45) is 4.53. The third-order valence-corrected chi connectivity index (χ3v) is 4.81. The SMILES string of the molecule is CCNC(Cc1ccn(C(C)C)n1)C1CCSC1. The van der Waals surface area contributed by atoms with Gasteiger partial charge < -0.3 is 5.32 Å². The number of likely N-dealkylation sites (N-methyl/N-ethyl adjacent to an activating group) is 1. The first kappa shape index (κ1) is 13.9. The molecule has 1 aliphatic heterocycles. The minimum atomic E-state index is 0.457. The van der Waals surface area contributed by atoms with Crippen molar-refractivity contribution in [3.63, 3.8) is 0 Å². The Morgan fingerprint density at radius 2 is 2.39 bits per heavy atom. The minimum absolute atomic E-state index is 0.457. The summed E-state index contributed by atoms with van der Waals surface area (Å²) in [7, 11) is 0. The standard InChI is InChI=1S/C14H25N3S/c1-4-15-14(12-6-8-18-10-12)9-13-5-7-17(16-13)11(2)3/h5,7,11-12,14-15H,4,6,8-10H2,1-3H3. The molecule has 1 N–H and O–H groups in total. The summed E-state index contributed by atoms with van der Waals surface area (Å²) in [5, 5.41) is 8.32. The van der Waals surface area contributed by atoms with Gasteiger partial charge in [-0.1, -0.05) is 6.92 Å². The Balaban J connectivity index is 1.98. The topological polar surface area (TPSA) is 29.9 Å². The van der Waals surface area contributed by atoms with Crippen LogP contribution in [0.15, 0.2) is 12.3 Å². The summed E-state index contributed by atoms with van der Waals surface area (Å²) in [5.74, 6) is 3.45. The lowest BCUT2D eigenvalue weighted by atomic mass is 9.95. The summed E-state index contributed by atoms with van der Waals surface area (Å²) in [6.45, 7) is 7.59. The average molecular weight is 267 g/mol. The Hall–Kier alpha value is -0.480. The zero-order chi connectivity index (χ0) is 13.0. The van der Waals surface area contributed by atoms with Gasteiger partial charge in [0.15, 0.2) is 0 Å². The van der Waals surface area contributed by atoms with Gasteiger partial charge in [-0.05, 0) is 50.3 Å². The number of aromatic nitrogens is 2. The van der Waals surface area contributed by atoms with Crippen LogP contribution >= 0.6 is 11.8 Å². The maximum Gasteiger partial charge on any atom is 0.0640 e. The summed E-state index contributed by atoms with van der Waals surface area (Å²) in [5.41, 5.74) is 1.23. The molecule has 0 amide bonds. The second-order valence-electron chi connectivity index (χ2n) is 5.37. The highest BCUT2D eigenvalue weighted by Gasteiger charge is 2.25. The Bertz CT molecular complexity index is 356. The third-order valence-electron chi connectivity index (χ3n) is 3.62. The summed E-state index contributed by atoms with van der Waals surface area (Å²) >= 11 is 2.09. The zero-order valence-corrected chi connectivity index (χ0v) is 12.5. The lowest BCUT2D eigenvalue weighted by Crippen LogP contribution is -2.38. The van der Waals surface area contributed by atoms with E-state index in [2.05, 4.69) is 59.9 Å². The molecule has 102 valence electrons. The van der Waals surface area contributed by atoms with E-state index in [-0.39, 0.29) is 0 Å². The van der Waals surface area contributed by atoms with Gasteiger partial charge in [-0.3, -0.25) is 4.68 Å². The van der Waals surface area contributed by atoms with Crippen LogP contribution in [0, 0.1) is 5.92 Å². The van der Waals surface area contributed by atoms with Crippen molar-refractivity contribution in [2.75, 3.05) is 18.1 Å². The number of rotatable bonds is 6. The van der Waals surface area contributed by atoms with E-state index in [1.54, 1.807) is 0 Å². The van der Waals surface area contributed by atoms with Crippen molar-refractivity contribution in [3.8, 4) is 0 Å². The molecule has 0 radical (unpaired) electrons. The maximum absolute atomic E-state index is 4.67. The molecule has 2 heterocycles. The molecule has 0 aromatic carbocycles. The fourth-order valence-electron chi connectivity index (χ4n) is 2.54. The lowest BCUT2D eigenvalue weighted by Gasteiger charge is -2.23. The van der Waals surface area contributed by atoms with E-state index in [9.17, 15) is 0 Å². The highest BCUT2D eigenvalue weighted by molar-refractivity contribution is 7.99. The summed E-state index contributed by atoms with van der Waals surface area (Å²) in [6, 6.07) is 3.23. The Morgan fingerprint density at radius 3 is 2.94 bits per heavy atom. The zero-order valence-electron chi connectivity index (χ0n) is 11.7. The molecule has 0 bridgehead atoms. The van der Waals surface area contributed by atoms with E-state index in [4.69, 9.17) is 0 Å². The van der Waals surface area contributed by atoms with Gasteiger partial charge in [0.1, 0.15) is 0 Å². The molecule has 1 aromatic heterocycles. The van der Waals surface area contributed by atoms with Crippen LogP contribution in [0.5, 0.6) is 0 Å². The maximum atomic E-state index is 4.67. The number of hydrogen-bond donors (Lipinski definition) is 1. The van der Waals surface area contributed by atoms with Crippen LogP contribution in [0.2, 0.25) is 0 Å². The molecule has 4 heteroatoms. The molecule has 3 nitrogen and oxygen atoms in total. The van der Waals surface area contributed by atoms with E-state index in [0.29, 0.717) is 12.1 Å². The van der Waals surface area contributed by atoms with Crippen LogP contribution in [-0.2, 0) is 6.42 Å². The molecule has 1 aromatic rings. The quantitative estimate of drug-likeness (QED) is 0.859. The van der Waals surface area contributed by atoms with Crippen molar-refractivity contribution < 1.29 is 0 Å². The number of nitrogens with zero attached hydrogens (tertiary/aromatic N) is 2. The van der Waals surface area contributed by atoms with Gasteiger partial charge in [-0.2, -0.15) is 16.9 Å². The monoisotopic (exact) mass is 267 g/mol. The Kier molecular flexibility index (Phi) is 5.13. The second kappa shape index (κ2) is 6.62. The third kappa shape index (κ3) is 3.51. The molecule has 0 aliphatic carbocycles. The van der Waals surface area contributed by atoms with Crippen LogP contribution < -0.4 is 5.32 Å². The molecule has 1 saturated heterocycles. The fourth-order valence-corrected chi connectivity index (χ4v) is 3.87. The molecule has 18 heavy (non-hydrogen) atoms. The first-order valence-electron chi connectivity index (χ1n) is 7.06. The van der Waals surface area contributed by atoms with Crippen LogP contribution in [0.3, 0.4) is 0 Å². The van der Waals surface area contributed by atoms with Crippen molar-refractivity contribution in [3.05, 3.63) is 18.0 Å². The van der Waals surface area contributed by atoms with E-state index < -0.39 is 0 Å². The van der Waals surface area contributed by atoms with E-state index in [0.717, 1.165) is 18.9 Å². The number of nitrogens with one attached hydrogen (secondary N) is 1. The first-order chi connectivity index (χ1) is 8.70. The van der Waals surface area contributed by atoms with Crippen LogP contribution in [0.1, 0.15) is 38.9 Å². The van der Waals surface area contributed by atoms with Gasteiger partial charge in [0.25, 0.3) is 0 Å². The molecule has 2 unspecified atom stereocenters. The number of hydrogen-bond acceptors (Lipinski definition) is 3. The average Bonchev–Trinajstić information content (AvgIpc) is 2.99. The highest BCUT2D eigenvalue weighted by atomic mass is 32.2. The molecular weight excluding hydrogens is 242 g/mol. The van der Waals surface area contributed by atoms with Crippen molar-refractivity contribution in [1.82, 2.24) is 15.1 Å². The van der Waals surface area contributed by atoms with Crippen molar-refractivity contribution >= 4 is 11.8 Å². The van der Waals surface area contributed by atoms with Gasteiger partial charge in [0.2, 0.25) is 0 Å². The van der Waals surface area contributed by atoms with Gasteiger partial charge in [-0.15, -0.1) is 0 Å². The molecular formula is C14H25N3S. The molecule has 2 rings (SSSR count). The smallest absolute Gasteiger partial charge is 0.0640 e. The van der Waals surface area contributed by atoms with Crippen LogP contribution in [0.25, 0.3) is 0 Å². The normalized spacial score (nSPS) is 21.7. The van der Waals surface area contributed by atoms with Crippen LogP contribution in [0.4, 0.5) is 0 Å². The van der Waals surface area contributed by atoms with E-state index in [1.807, 2.05) is 0 Å². The van der Waals surface area contributed by atoms with E-state index in [1.165, 1.54) is 23.6 Å². The Labute approximate surface area is 115 Å². The minimum Gasteiger partial charge on any atom is -0.314 e. The van der Waals surface area contributed by atoms with Crippen molar-refractivity contribution in [1.29, 1.82) is 0 Å². The molecule has 1 fully saturated rings. The van der Waals surface area contributed by atoms with Gasteiger partial charge in [0, 0.05) is 24.7 Å². The summed E-state index contributed by atoms with van der Waals surface area (Å²) < 4.78 is 2.06. The molecule has 2 atom stereocenters. The second-order valence-corrected chi connectivity index (χ2v) is 6.52. The lowest BCUT2D eigenvalue weighted by molar-refractivity contribution is 0.382. The predicted octanol–water partition coefficient (Wildman–Crippen LogP) is 2.74. The Morgan fingerprint density at radius 1 is 1.56 bits per heavy atom. The van der Waals surface area contributed by atoms with Gasteiger partial charge in [0.05, 0.1) is 5.69 Å².